The Morgan fingerprint density at radius 3 is 2.55 bits per heavy atom. The maximum Gasteiger partial charge on any atom is 0.273 e. The molecule has 0 saturated heterocycles. The van der Waals surface area contributed by atoms with Crippen LogP contribution in [0.1, 0.15) is 42.1 Å². The summed E-state index contributed by atoms with van der Waals surface area (Å²) in [7, 11) is 4.04. The van der Waals surface area contributed by atoms with Gasteiger partial charge < -0.3 is 5.73 Å². The maximum atomic E-state index is 15.4. The summed E-state index contributed by atoms with van der Waals surface area (Å²) in [4.78, 5) is 20.9. The highest BCUT2D eigenvalue weighted by molar-refractivity contribution is 7.96. The lowest BCUT2D eigenvalue weighted by atomic mass is 9.94. The van der Waals surface area contributed by atoms with E-state index in [-0.39, 0.29) is 27.9 Å². The number of nitrogens with zero attached hydrogens (tertiary/aromatic N) is 4. The van der Waals surface area contributed by atoms with Gasteiger partial charge in [-0.1, -0.05) is 42.6 Å². The molecule has 1 unspecified atom stereocenters. The molecule has 0 saturated carbocycles. The van der Waals surface area contributed by atoms with Gasteiger partial charge >= 0.3 is 0 Å². The Morgan fingerprint density at radius 2 is 1.95 bits per heavy atom. The number of rotatable bonds is 8. The molecule has 0 aliphatic heterocycles. The minimum absolute atomic E-state index is 0.0985. The number of aryl methyl sites for hydroxylation is 1. The molecule has 0 radical (unpaired) electrons. The normalized spacial score (nSPS) is 13.0. The molecule has 0 aliphatic carbocycles. The average molecular weight is 592 g/mol. The van der Waals surface area contributed by atoms with E-state index in [0.717, 1.165) is 17.0 Å². The number of allylic oxidation sites excluding steroid dienone is 2. The zero-order valence-corrected chi connectivity index (χ0v) is 24.8. The highest BCUT2D eigenvalue weighted by atomic mass is 35.5. The van der Waals surface area contributed by atoms with Gasteiger partial charge in [0.1, 0.15) is 16.6 Å². The summed E-state index contributed by atoms with van der Waals surface area (Å²) in [6.45, 7) is 5.13. The van der Waals surface area contributed by atoms with E-state index in [1.807, 2.05) is 31.6 Å². The van der Waals surface area contributed by atoms with Gasteiger partial charge in [0, 0.05) is 23.7 Å². The molecular formula is C29H33ClF3N5OS. The topological polar surface area (TPSA) is 76.5 Å². The Hall–Kier alpha value is -3.34. The smallest absolute Gasteiger partial charge is 0.273 e. The fourth-order valence-electron chi connectivity index (χ4n) is 3.61. The third-order valence-electron chi connectivity index (χ3n) is 5.71. The summed E-state index contributed by atoms with van der Waals surface area (Å²) in [6.07, 6.45) is 8.86. The van der Waals surface area contributed by atoms with Crippen molar-refractivity contribution < 1.29 is 13.2 Å². The molecule has 2 heterocycles. The van der Waals surface area contributed by atoms with Gasteiger partial charge in [-0.25, -0.2) is 13.2 Å². The summed E-state index contributed by atoms with van der Waals surface area (Å²) in [6, 6.07) is 7.20. The first-order chi connectivity index (χ1) is 18.9. The first-order valence-electron chi connectivity index (χ1n) is 12.2. The lowest BCUT2D eigenvalue weighted by Crippen LogP contribution is -2.22. The minimum atomic E-state index is -0.958. The number of hydrogen-bond acceptors (Lipinski definition) is 6. The third-order valence-corrected chi connectivity index (χ3v) is 6.82. The van der Waals surface area contributed by atoms with Gasteiger partial charge in [0.15, 0.2) is 11.6 Å². The first-order valence-corrected chi connectivity index (χ1v) is 13.8. The van der Waals surface area contributed by atoms with Gasteiger partial charge in [0.05, 0.1) is 18.1 Å². The van der Waals surface area contributed by atoms with Crippen LogP contribution in [0.25, 0.3) is 6.20 Å². The van der Waals surface area contributed by atoms with Crippen LogP contribution in [0.15, 0.2) is 70.6 Å². The molecular weight excluding hydrogens is 559 g/mol. The van der Waals surface area contributed by atoms with Gasteiger partial charge in [-0.3, -0.25) is 23.6 Å². The highest BCUT2D eigenvalue weighted by Crippen LogP contribution is 2.27. The number of nitrogens with two attached hydrogens (primary N) is 1. The molecule has 1 atom stereocenters. The number of anilines is 1. The summed E-state index contributed by atoms with van der Waals surface area (Å²) < 4.78 is 46.6. The van der Waals surface area contributed by atoms with Crippen LogP contribution in [0.4, 0.5) is 18.9 Å². The van der Waals surface area contributed by atoms with Crippen LogP contribution >= 0.6 is 23.5 Å². The van der Waals surface area contributed by atoms with E-state index in [9.17, 15) is 13.6 Å². The van der Waals surface area contributed by atoms with E-state index >= 15 is 4.39 Å². The van der Waals surface area contributed by atoms with Crippen molar-refractivity contribution in [2.75, 3.05) is 26.1 Å². The van der Waals surface area contributed by atoms with Crippen LogP contribution in [0, 0.1) is 18.6 Å². The molecule has 40 heavy (non-hydrogen) atoms. The fraction of sp³-hybridized carbons (Fsp3) is 0.276. The number of halogens is 4. The standard InChI is InChI=1S/C26H24ClF3N4O.C3H9NS/c1-4-8-33-25(19-6-5-7-22(31)24(19)30)21(29)14-34-16(3)10-20(23(27)26(34)35)15(2)9-17-11-18(28)13-32-12-17;1-4(2)5-3/h4-8,10-15H,9,31H2,1-3H3;1-3H3/b8-4+,21-14-,33-25+;. The summed E-state index contributed by atoms with van der Waals surface area (Å²) >= 11 is 8.09. The molecule has 0 fully saturated rings. The Balaban J connectivity index is 0.00000103. The van der Waals surface area contributed by atoms with Gasteiger partial charge in [-0.2, -0.15) is 0 Å². The lowest BCUT2D eigenvalue weighted by molar-refractivity contribution is 0.615. The SMILES string of the molecule is C/C=C/N=C(/C(F)=C/n1c(C)cc(C(C)Cc2cncc(F)c2)c(Cl)c1=O)c1cccc(N)c1F.CSN(C)C. The van der Waals surface area contributed by atoms with E-state index < -0.39 is 23.0 Å². The van der Waals surface area contributed by atoms with Gasteiger partial charge in [0.2, 0.25) is 0 Å². The van der Waals surface area contributed by atoms with Crippen molar-refractivity contribution in [2.45, 2.75) is 33.1 Å². The number of aromatic nitrogens is 2. The molecule has 1 aromatic carbocycles. The zero-order chi connectivity index (χ0) is 30.0. The van der Waals surface area contributed by atoms with Crippen molar-refractivity contribution in [3.8, 4) is 0 Å². The molecule has 214 valence electrons. The van der Waals surface area contributed by atoms with Crippen LogP contribution in [0.5, 0.6) is 0 Å². The number of benzene rings is 1. The molecule has 0 bridgehead atoms. The van der Waals surface area contributed by atoms with Crippen molar-refractivity contribution in [3.63, 3.8) is 0 Å². The summed E-state index contributed by atoms with van der Waals surface area (Å²) in [5.74, 6) is -2.48. The Labute approximate surface area is 242 Å². The molecule has 2 aromatic heterocycles. The predicted molar refractivity (Wildman–Crippen MR) is 162 cm³/mol. The Bertz CT molecular complexity index is 1470. The van der Waals surface area contributed by atoms with E-state index in [4.69, 9.17) is 17.3 Å². The Morgan fingerprint density at radius 1 is 1.27 bits per heavy atom. The molecule has 11 heteroatoms. The second-order valence-electron chi connectivity index (χ2n) is 8.99. The van der Waals surface area contributed by atoms with Crippen molar-refractivity contribution in [1.82, 2.24) is 13.9 Å². The monoisotopic (exact) mass is 591 g/mol. The quantitative estimate of drug-likeness (QED) is 0.173. The molecule has 2 N–H and O–H groups in total. The summed E-state index contributed by atoms with van der Waals surface area (Å²) in [5.41, 5.74) is 5.92. The number of hydrogen-bond donors (Lipinski definition) is 1. The zero-order valence-electron chi connectivity index (χ0n) is 23.3. The van der Waals surface area contributed by atoms with E-state index in [1.54, 1.807) is 44.1 Å². The van der Waals surface area contributed by atoms with Gasteiger partial charge in [0.25, 0.3) is 5.56 Å². The van der Waals surface area contributed by atoms with Crippen LogP contribution < -0.4 is 11.3 Å². The number of aliphatic imine (C=N–C) groups is 1. The fourth-order valence-corrected chi connectivity index (χ4v) is 3.95. The lowest BCUT2D eigenvalue weighted by Gasteiger charge is -2.16. The first kappa shape index (κ1) is 32.9. The highest BCUT2D eigenvalue weighted by Gasteiger charge is 2.20. The molecule has 0 amide bonds. The van der Waals surface area contributed by atoms with Crippen molar-refractivity contribution >= 4 is 41.1 Å². The van der Waals surface area contributed by atoms with Crippen molar-refractivity contribution in [3.05, 3.63) is 110 Å². The molecule has 3 aromatic rings. The Kier molecular flexibility index (Phi) is 12.7. The van der Waals surface area contributed by atoms with Crippen LogP contribution in [0.2, 0.25) is 5.02 Å². The van der Waals surface area contributed by atoms with Gasteiger partial charge in [-0.05, 0) is 81.9 Å². The molecule has 0 spiro atoms. The number of nitrogen functional groups attached to an aromatic ring is 1. The predicted octanol–water partition coefficient (Wildman–Crippen LogP) is 7.03. The van der Waals surface area contributed by atoms with Gasteiger partial charge in [-0.15, -0.1) is 0 Å². The van der Waals surface area contributed by atoms with E-state index in [2.05, 4.69) is 9.98 Å². The largest absolute Gasteiger partial charge is 0.396 e. The average Bonchev–Trinajstić information content (AvgIpc) is 2.91. The van der Waals surface area contributed by atoms with Crippen LogP contribution in [0.3, 0.4) is 0 Å². The van der Waals surface area contributed by atoms with E-state index in [1.165, 1.54) is 30.5 Å². The van der Waals surface area contributed by atoms with Crippen LogP contribution in [-0.2, 0) is 6.42 Å². The second-order valence-corrected chi connectivity index (χ2v) is 10.5. The van der Waals surface area contributed by atoms with Crippen LogP contribution in [-0.4, -0.2) is 39.9 Å². The van der Waals surface area contributed by atoms with E-state index in [0.29, 0.717) is 23.2 Å². The number of pyridine rings is 2. The second kappa shape index (κ2) is 15.4. The third kappa shape index (κ3) is 8.84. The molecule has 6 nitrogen and oxygen atoms in total. The maximum absolute atomic E-state index is 15.4. The minimum Gasteiger partial charge on any atom is -0.396 e. The molecule has 0 aliphatic rings. The van der Waals surface area contributed by atoms with Crippen molar-refractivity contribution in [1.29, 1.82) is 0 Å². The summed E-state index contributed by atoms with van der Waals surface area (Å²) in [5, 5.41) is -0.0985. The molecule has 3 rings (SSSR count). The van der Waals surface area contributed by atoms with Crippen molar-refractivity contribution in [2.24, 2.45) is 4.99 Å².